The molecule has 4 nitrogen and oxygen atoms in total. The summed E-state index contributed by atoms with van der Waals surface area (Å²) in [6, 6.07) is 8.42. The van der Waals surface area contributed by atoms with Gasteiger partial charge in [-0.15, -0.1) is 0 Å². The van der Waals surface area contributed by atoms with Gasteiger partial charge in [-0.1, -0.05) is 0 Å². The number of carboxylic acid groups (broad SMARTS) is 1. The zero-order valence-electron chi connectivity index (χ0n) is 8.94. The van der Waals surface area contributed by atoms with Crippen LogP contribution in [0.1, 0.15) is 10.6 Å². The van der Waals surface area contributed by atoms with Crippen LogP contribution in [0.2, 0.25) is 0 Å². The van der Waals surface area contributed by atoms with Crippen molar-refractivity contribution in [3.8, 4) is 17.1 Å². The first-order valence-electron chi connectivity index (χ1n) is 4.79. The van der Waals surface area contributed by atoms with Crippen LogP contribution in [0, 0.1) is 0 Å². The maximum absolute atomic E-state index is 10.7. The summed E-state index contributed by atoms with van der Waals surface area (Å²) >= 11 is 3.38. The normalized spacial score (nSPS) is 10.2. The van der Waals surface area contributed by atoms with E-state index in [9.17, 15) is 4.79 Å². The van der Waals surface area contributed by atoms with E-state index in [0.29, 0.717) is 11.5 Å². The molecule has 0 unspecified atom stereocenters. The molecule has 17 heavy (non-hydrogen) atoms. The Labute approximate surface area is 106 Å². The highest BCUT2D eigenvalue weighted by Gasteiger charge is 2.12. The molecule has 88 valence electrons. The Morgan fingerprint density at radius 3 is 2.65 bits per heavy atom. The number of hydrogen-bond donors (Lipinski definition) is 1. The number of rotatable bonds is 3. The lowest BCUT2D eigenvalue weighted by molar-refractivity contribution is 0.0663. The SMILES string of the molecule is COc1ccc(-c2ccc(C(=O)O)o2)c(Br)c1. The molecule has 0 spiro atoms. The fourth-order valence-corrected chi connectivity index (χ4v) is 1.97. The van der Waals surface area contributed by atoms with Crippen molar-refractivity contribution >= 4 is 21.9 Å². The van der Waals surface area contributed by atoms with Gasteiger partial charge in [-0.25, -0.2) is 4.79 Å². The molecule has 1 heterocycles. The quantitative estimate of drug-likeness (QED) is 0.943. The molecule has 0 atom stereocenters. The molecular weight excluding hydrogens is 288 g/mol. The number of halogens is 1. The highest BCUT2D eigenvalue weighted by atomic mass is 79.9. The number of carboxylic acids is 1. The van der Waals surface area contributed by atoms with E-state index in [1.807, 2.05) is 0 Å². The maximum atomic E-state index is 10.7. The van der Waals surface area contributed by atoms with Gasteiger partial charge in [0.15, 0.2) is 0 Å². The smallest absolute Gasteiger partial charge is 0.371 e. The Bertz CT molecular complexity index is 559. The topological polar surface area (TPSA) is 59.7 Å². The van der Waals surface area contributed by atoms with Crippen LogP contribution in [0.5, 0.6) is 5.75 Å². The Balaban J connectivity index is 2.42. The van der Waals surface area contributed by atoms with Crippen LogP contribution in [0.3, 0.4) is 0 Å². The maximum Gasteiger partial charge on any atom is 0.371 e. The van der Waals surface area contributed by atoms with E-state index in [0.717, 1.165) is 10.0 Å². The van der Waals surface area contributed by atoms with Crippen molar-refractivity contribution < 1.29 is 19.1 Å². The summed E-state index contributed by atoms with van der Waals surface area (Å²) in [4.78, 5) is 10.7. The van der Waals surface area contributed by atoms with Crippen molar-refractivity contribution in [2.45, 2.75) is 0 Å². The van der Waals surface area contributed by atoms with E-state index in [2.05, 4.69) is 15.9 Å². The van der Waals surface area contributed by atoms with Gasteiger partial charge in [-0.2, -0.15) is 0 Å². The van der Waals surface area contributed by atoms with Crippen LogP contribution in [0.4, 0.5) is 0 Å². The van der Waals surface area contributed by atoms with Crippen molar-refractivity contribution in [2.24, 2.45) is 0 Å². The molecule has 0 aliphatic rings. The first-order valence-corrected chi connectivity index (χ1v) is 5.58. The van der Waals surface area contributed by atoms with Crippen molar-refractivity contribution in [3.63, 3.8) is 0 Å². The minimum absolute atomic E-state index is 0.0808. The van der Waals surface area contributed by atoms with Gasteiger partial charge < -0.3 is 14.3 Å². The summed E-state index contributed by atoms with van der Waals surface area (Å²) in [5.74, 6) is 0.0474. The summed E-state index contributed by atoms with van der Waals surface area (Å²) in [5, 5.41) is 8.77. The molecule has 0 aliphatic heterocycles. The van der Waals surface area contributed by atoms with Gasteiger partial charge in [0.1, 0.15) is 11.5 Å². The number of ether oxygens (including phenoxy) is 1. The molecule has 2 rings (SSSR count). The molecule has 0 bridgehead atoms. The molecule has 2 aromatic rings. The summed E-state index contributed by atoms with van der Waals surface area (Å²) in [7, 11) is 1.58. The number of hydrogen-bond acceptors (Lipinski definition) is 3. The van der Waals surface area contributed by atoms with Crippen molar-refractivity contribution in [2.75, 3.05) is 7.11 Å². The van der Waals surface area contributed by atoms with Gasteiger partial charge in [0.2, 0.25) is 5.76 Å². The zero-order chi connectivity index (χ0) is 12.4. The van der Waals surface area contributed by atoms with Gasteiger partial charge >= 0.3 is 5.97 Å². The van der Waals surface area contributed by atoms with E-state index >= 15 is 0 Å². The molecule has 1 N–H and O–H groups in total. The average Bonchev–Trinajstić information content (AvgIpc) is 2.78. The Kier molecular flexibility index (Phi) is 3.19. The molecule has 0 amide bonds. The summed E-state index contributed by atoms with van der Waals surface area (Å²) in [6.07, 6.45) is 0. The second kappa shape index (κ2) is 4.63. The van der Waals surface area contributed by atoms with E-state index in [-0.39, 0.29) is 5.76 Å². The minimum atomic E-state index is -1.08. The van der Waals surface area contributed by atoms with Crippen LogP contribution >= 0.6 is 15.9 Å². The minimum Gasteiger partial charge on any atom is -0.497 e. The highest BCUT2D eigenvalue weighted by Crippen LogP contribution is 2.32. The molecule has 0 saturated heterocycles. The first-order chi connectivity index (χ1) is 8.11. The van der Waals surface area contributed by atoms with Crippen LogP contribution in [0.15, 0.2) is 39.2 Å². The molecule has 1 aromatic heterocycles. The third-order valence-electron chi connectivity index (χ3n) is 2.26. The number of aromatic carboxylic acids is 1. The molecular formula is C12H9BrO4. The third-order valence-corrected chi connectivity index (χ3v) is 2.91. The summed E-state index contributed by atoms with van der Waals surface area (Å²) in [5.41, 5.74) is 0.776. The Morgan fingerprint density at radius 1 is 1.35 bits per heavy atom. The number of benzene rings is 1. The van der Waals surface area contributed by atoms with Gasteiger partial charge in [-0.05, 0) is 46.3 Å². The second-order valence-corrected chi connectivity index (χ2v) is 4.17. The van der Waals surface area contributed by atoms with Crippen LogP contribution in [-0.2, 0) is 0 Å². The van der Waals surface area contributed by atoms with Crippen LogP contribution < -0.4 is 4.74 Å². The number of methoxy groups -OCH3 is 1. The standard InChI is InChI=1S/C12H9BrO4/c1-16-7-2-3-8(9(13)6-7)10-4-5-11(17-10)12(14)15/h2-6H,1H3,(H,14,15). The lowest BCUT2D eigenvalue weighted by Gasteiger charge is -2.04. The third kappa shape index (κ3) is 2.34. The Morgan fingerprint density at radius 2 is 2.12 bits per heavy atom. The molecule has 0 radical (unpaired) electrons. The monoisotopic (exact) mass is 296 g/mol. The predicted octanol–water partition coefficient (Wildman–Crippen LogP) is 3.42. The van der Waals surface area contributed by atoms with Gasteiger partial charge in [0, 0.05) is 10.0 Å². The predicted molar refractivity (Wildman–Crippen MR) is 65.4 cm³/mol. The van der Waals surface area contributed by atoms with Crippen molar-refractivity contribution in [1.82, 2.24) is 0 Å². The summed E-state index contributed by atoms with van der Waals surface area (Å²) in [6.45, 7) is 0. The van der Waals surface area contributed by atoms with E-state index in [1.54, 1.807) is 31.4 Å². The van der Waals surface area contributed by atoms with Gasteiger partial charge in [0.05, 0.1) is 7.11 Å². The summed E-state index contributed by atoms with van der Waals surface area (Å²) < 4.78 is 11.1. The van der Waals surface area contributed by atoms with Crippen LogP contribution in [0.25, 0.3) is 11.3 Å². The van der Waals surface area contributed by atoms with Gasteiger partial charge in [0.25, 0.3) is 0 Å². The molecule has 0 aliphatic carbocycles. The van der Waals surface area contributed by atoms with Crippen LogP contribution in [-0.4, -0.2) is 18.2 Å². The average molecular weight is 297 g/mol. The molecule has 1 aromatic carbocycles. The lowest BCUT2D eigenvalue weighted by atomic mass is 10.2. The fraction of sp³-hybridized carbons (Fsp3) is 0.0833. The fourth-order valence-electron chi connectivity index (χ4n) is 1.42. The highest BCUT2D eigenvalue weighted by molar-refractivity contribution is 9.10. The lowest BCUT2D eigenvalue weighted by Crippen LogP contribution is -1.91. The van der Waals surface area contributed by atoms with E-state index in [1.165, 1.54) is 6.07 Å². The number of furan rings is 1. The van der Waals surface area contributed by atoms with Crippen molar-refractivity contribution in [1.29, 1.82) is 0 Å². The first kappa shape index (κ1) is 11.7. The van der Waals surface area contributed by atoms with E-state index < -0.39 is 5.97 Å². The van der Waals surface area contributed by atoms with E-state index in [4.69, 9.17) is 14.3 Å². The molecule has 0 saturated carbocycles. The van der Waals surface area contributed by atoms with Crippen molar-refractivity contribution in [3.05, 3.63) is 40.6 Å². The molecule has 0 fully saturated rings. The number of carbonyl (C=O) groups is 1. The second-order valence-electron chi connectivity index (χ2n) is 3.31. The largest absolute Gasteiger partial charge is 0.497 e. The van der Waals surface area contributed by atoms with Gasteiger partial charge in [-0.3, -0.25) is 0 Å². The molecule has 5 heteroatoms. The zero-order valence-corrected chi connectivity index (χ0v) is 10.5. The Hall–Kier alpha value is -1.75.